The van der Waals surface area contributed by atoms with Crippen LogP contribution in [0.15, 0.2) is 59.9 Å². The topological polar surface area (TPSA) is 87.7 Å². The summed E-state index contributed by atoms with van der Waals surface area (Å²) in [6.45, 7) is 0.894. The third-order valence-corrected chi connectivity index (χ3v) is 4.02. The molecule has 0 unspecified atom stereocenters. The summed E-state index contributed by atoms with van der Waals surface area (Å²) in [6.07, 6.45) is 4.92. The Bertz CT molecular complexity index is 1100. The SMILES string of the molecule is COc1ccc(Cn2cc(Cn3cnc4ncccc4c3=O)nn2)cc1. The summed E-state index contributed by atoms with van der Waals surface area (Å²) >= 11 is 0. The lowest BCUT2D eigenvalue weighted by Crippen LogP contribution is -2.21. The van der Waals surface area contributed by atoms with Crippen LogP contribution in [-0.2, 0) is 13.1 Å². The summed E-state index contributed by atoms with van der Waals surface area (Å²) in [6, 6.07) is 11.2. The van der Waals surface area contributed by atoms with Crippen molar-refractivity contribution in [3.8, 4) is 5.75 Å². The number of benzene rings is 1. The summed E-state index contributed by atoms with van der Waals surface area (Å²) in [7, 11) is 1.64. The molecule has 0 bridgehead atoms. The number of fused-ring (bicyclic) bond motifs is 1. The van der Waals surface area contributed by atoms with E-state index < -0.39 is 0 Å². The molecule has 26 heavy (non-hydrogen) atoms. The van der Waals surface area contributed by atoms with Crippen molar-refractivity contribution in [1.82, 2.24) is 29.5 Å². The second-order valence-corrected chi connectivity index (χ2v) is 5.81. The van der Waals surface area contributed by atoms with Crippen LogP contribution in [0.25, 0.3) is 11.0 Å². The lowest BCUT2D eigenvalue weighted by Gasteiger charge is -2.04. The van der Waals surface area contributed by atoms with Gasteiger partial charge >= 0.3 is 0 Å². The fourth-order valence-corrected chi connectivity index (χ4v) is 2.69. The maximum Gasteiger partial charge on any atom is 0.263 e. The average Bonchev–Trinajstić information content (AvgIpc) is 3.12. The molecule has 1 aromatic carbocycles. The molecule has 3 aromatic heterocycles. The van der Waals surface area contributed by atoms with Gasteiger partial charge in [-0.3, -0.25) is 9.36 Å². The number of nitrogens with zero attached hydrogens (tertiary/aromatic N) is 6. The molecule has 4 aromatic rings. The first-order valence-electron chi connectivity index (χ1n) is 8.05. The smallest absolute Gasteiger partial charge is 0.263 e. The summed E-state index contributed by atoms with van der Waals surface area (Å²) in [5, 5.41) is 8.76. The Morgan fingerprint density at radius 3 is 2.73 bits per heavy atom. The number of methoxy groups -OCH3 is 1. The van der Waals surface area contributed by atoms with Gasteiger partial charge in [0.2, 0.25) is 0 Å². The lowest BCUT2D eigenvalue weighted by atomic mass is 10.2. The zero-order valence-corrected chi connectivity index (χ0v) is 14.1. The largest absolute Gasteiger partial charge is 0.497 e. The molecular formula is C18H16N6O2. The van der Waals surface area contributed by atoms with Crippen molar-refractivity contribution in [2.45, 2.75) is 13.1 Å². The maximum atomic E-state index is 12.5. The van der Waals surface area contributed by atoms with Gasteiger partial charge in [-0.1, -0.05) is 17.3 Å². The molecule has 0 fully saturated rings. The molecular weight excluding hydrogens is 332 g/mol. The Morgan fingerprint density at radius 2 is 1.92 bits per heavy atom. The number of pyridine rings is 1. The van der Waals surface area contributed by atoms with E-state index in [1.165, 1.54) is 10.9 Å². The van der Waals surface area contributed by atoms with E-state index in [1.807, 2.05) is 30.5 Å². The van der Waals surface area contributed by atoms with Crippen molar-refractivity contribution in [3.63, 3.8) is 0 Å². The predicted octanol–water partition coefficient (Wildman–Crippen LogP) is 1.49. The first-order valence-corrected chi connectivity index (χ1v) is 8.05. The Hall–Kier alpha value is -3.55. The Balaban J connectivity index is 1.53. The van der Waals surface area contributed by atoms with Crippen molar-refractivity contribution in [1.29, 1.82) is 0 Å². The van der Waals surface area contributed by atoms with Crippen LogP contribution < -0.4 is 10.3 Å². The second-order valence-electron chi connectivity index (χ2n) is 5.81. The van der Waals surface area contributed by atoms with E-state index in [1.54, 1.807) is 30.1 Å². The van der Waals surface area contributed by atoms with Crippen LogP contribution in [0.3, 0.4) is 0 Å². The monoisotopic (exact) mass is 348 g/mol. The van der Waals surface area contributed by atoms with E-state index >= 15 is 0 Å². The average molecular weight is 348 g/mol. The van der Waals surface area contributed by atoms with Gasteiger partial charge in [0.1, 0.15) is 17.8 Å². The van der Waals surface area contributed by atoms with Crippen molar-refractivity contribution in [2.75, 3.05) is 7.11 Å². The zero-order valence-electron chi connectivity index (χ0n) is 14.1. The maximum absolute atomic E-state index is 12.5. The van der Waals surface area contributed by atoms with E-state index in [0.717, 1.165) is 11.3 Å². The molecule has 0 N–H and O–H groups in total. The van der Waals surface area contributed by atoms with Gasteiger partial charge in [0.25, 0.3) is 5.56 Å². The van der Waals surface area contributed by atoms with Crippen molar-refractivity contribution >= 4 is 11.0 Å². The Kier molecular flexibility index (Phi) is 4.14. The van der Waals surface area contributed by atoms with Crippen LogP contribution in [0, 0.1) is 0 Å². The standard InChI is InChI=1S/C18H16N6O2/c1-26-15-6-4-13(5-7-15)9-24-11-14(21-22-24)10-23-12-20-17-16(18(23)25)3-2-8-19-17/h2-8,11-12H,9-10H2,1H3. The minimum atomic E-state index is -0.146. The molecule has 0 amide bonds. The predicted molar refractivity (Wildman–Crippen MR) is 95.0 cm³/mol. The summed E-state index contributed by atoms with van der Waals surface area (Å²) in [5.74, 6) is 0.811. The van der Waals surface area contributed by atoms with Crippen LogP contribution >= 0.6 is 0 Å². The summed E-state index contributed by atoms with van der Waals surface area (Å²) in [4.78, 5) is 20.8. The molecule has 0 aliphatic rings. The molecule has 8 nitrogen and oxygen atoms in total. The summed E-state index contributed by atoms with van der Waals surface area (Å²) < 4.78 is 8.39. The van der Waals surface area contributed by atoms with Gasteiger partial charge in [0.15, 0.2) is 5.65 Å². The molecule has 0 aliphatic heterocycles. The van der Waals surface area contributed by atoms with Crippen molar-refractivity contribution in [2.24, 2.45) is 0 Å². The molecule has 0 spiro atoms. The Labute approximate surface area is 148 Å². The first-order chi connectivity index (χ1) is 12.7. The van der Waals surface area contributed by atoms with Gasteiger partial charge < -0.3 is 4.74 Å². The zero-order chi connectivity index (χ0) is 17.9. The van der Waals surface area contributed by atoms with Gasteiger partial charge in [-0.25, -0.2) is 14.6 Å². The second kappa shape index (κ2) is 6.75. The molecule has 8 heteroatoms. The first kappa shape index (κ1) is 15.9. The van der Waals surface area contributed by atoms with E-state index in [4.69, 9.17) is 4.74 Å². The Morgan fingerprint density at radius 1 is 1.08 bits per heavy atom. The fraction of sp³-hybridized carbons (Fsp3) is 0.167. The quantitative estimate of drug-likeness (QED) is 0.543. The van der Waals surface area contributed by atoms with Gasteiger partial charge in [0, 0.05) is 6.20 Å². The van der Waals surface area contributed by atoms with Gasteiger partial charge in [0.05, 0.1) is 31.8 Å². The van der Waals surface area contributed by atoms with Crippen molar-refractivity contribution in [3.05, 3.63) is 76.7 Å². The number of rotatable bonds is 5. The molecule has 4 rings (SSSR count). The van der Waals surface area contributed by atoms with Crippen molar-refractivity contribution < 1.29 is 4.74 Å². The van der Waals surface area contributed by atoms with E-state index in [2.05, 4.69) is 20.3 Å². The number of ether oxygens (including phenoxy) is 1. The third kappa shape index (κ3) is 3.16. The normalized spacial score (nSPS) is 11.0. The highest BCUT2D eigenvalue weighted by atomic mass is 16.5. The molecule has 130 valence electrons. The number of hydrogen-bond donors (Lipinski definition) is 0. The molecule has 0 radical (unpaired) electrons. The fourth-order valence-electron chi connectivity index (χ4n) is 2.69. The number of aromatic nitrogens is 6. The highest BCUT2D eigenvalue weighted by molar-refractivity contribution is 5.72. The van der Waals surface area contributed by atoms with Gasteiger partial charge in [-0.15, -0.1) is 5.10 Å². The summed E-state index contributed by atoms with van der Waals surface area (Å²) in [5.41, 5.74) is 2.06. The highest BCUT2D eigenvalue weighted by Crippen LogP contribution is 2.12. The molecule has 3 heterocycles. The van der Waals surface area contributed by atoms with Gasteiger partial charge in [-0.2, -0.15) is 0 Å². The van der Waals surface area contributed by atoms with Gasteiger partial charge in [-0.05, 0) is 29.8 Å². The third-order valence-electron chi connectivity index (χ3n) is 4.02. The van der Waals surface area contributed by atoms with E-state index in [-0.39, 0.29) is 5.56 Å². The van der Waals surface area contributed by atoms with Crippen LogP contribution in [-0.4, -0.2) is 36.6 Å². The van der Waals surface area contributed by atoms with Crippen LogP contribution in [0.5, 0.6) is 5.75 Å². The molecule has 0 atom stereocenters. The van der Waals surface area contributed by atoms with E-state index in [0.29, 0.717) is 29.8 Å². The minimum Gasteiger partial charge on any atom is -0.497 e. The van der Waals surface area contributed by atoms with Crippen LogP contribution in [0.1, 0.15) is 11.3 Å². The molecule has 0 saturated heterocycles. The van der Waals surface area contributed by atoms with E-state index in [9.17, 15) is 4.79 Å². The highest BCUT2D eigenvalue weighted by Gasteiger charge is 2.08. The minimum absolute atomic E-state index is 0.146. The molecule has 0 saturated carbocycles. The number of hydrogen-bond acceptors (Lipinski definition) is 6. The molecule has 0 aliphatic carbocycles. The van der Waals surface area contributed by atoms with Crippen LogP contribution in [0.2, 0.25) is 0 Å². The van der Waals surface area contributed by atoms with Crippen LogP contribution in [0.4, 0.5) is 0 Å². The lowest BCUT2D eigenvalue weighted by molar-refractivity contribution is 0.414.